The third-order valence-electron chi connectivity index (χ3n) is 3.14. The summed E-state index contributed by atoms with van der Waals surface area (Å²) in [6, 6.07) is 14.1. The lowest BCUT2D eigenvalue weighted by Crippen LogP contribution is -2.32. The highest BCUT2D eigenvalue weighted by Gasteiger charge is 2.13. The molecule has 2 aromatic carbocycles. The van der Waals surface area contributed by atoms with Gasteiger partial charge < -0.3 is 10.1 Å². The van der Waals surface area contributed by atoms with Gasteiger partial charge in [-0.05, 0) is 61.0 Å². The van der Waals surface area contributed by atoms with Crippen LogP contribution in [0.1, 0.15) is 12.5 Å². The first-order chi connectivity index (χ1) is 11.5. The van der Waals surface area contributed by atoms with E-state index >= 15 is 0 Å². The molecule has 0 heterocycles. The molecule has 2 rings (SSSR count). The summed E-state index contributed by atoms with van der Waals surface area (Å²) < 4.78 is 5.96. The molecule has 0 spiro atoms. The molecule has 0 aliphatic heterocycles. The SMILES string of the molecule is COc1ccc(C(C)=NNC(=O)C(=O)Nc2ccc(Br)cc2)cc1. The van der Waals surface area contributed by atoms with Crippen LogP contribution in [0.3, 0.4) is 0 Å². The van der Waals surface area contributed by atoms with E-state index in [-0.39, 0.29) is 0 Å². The van der Waals surface area contributed by atoms with Gasteiger partial charge in [-0.2, -0.15) is 5.10 Å². The van der Waals surface area contributed by atoms with E-state index in [0.29, 0.717) is 11.4 Å². The quantitative estimate of drug-likeness (QED) is 0.479. The molecule has 0 saturated carbocycles. The number of anilines is 1. The van der Waals surface area contributed by atoms with Crippen molar-refractivity contribution in [2.24, 2.45) is 5.10 Å². The third-order valence-corrected chi connectivity index (χ3v) is 3.67. The molecule has 124 valence electrons. The van der Waals surface area contributed by atoms with Crippen molar-refractivity contribution in [2.45, 2.75) is 6.92 Å². The Morgan fingerprint density at radius 3 is 2.21 bits per heavy atom. The maximum Gasteiger partial charge on any atom is 0.329 e. The van der Waals surface area contributed by atoms with Crippen molar-refractivity contribution in [3.05, 3.63) is 58.6 Å². The van der Waals surface area contributed by atoms with Crippen LogP contribution in [-0.2, 0) is 9.59 Å². The van der Waals surface area contributed by atoms with Gasteiger partial charge in [-0.1, -0.05) is 15.9 Å². The molecule has 2 aromatic rings. The standard InChI is InChI=1S/C17H16BrN3O3/c1-11(12-3-9-15(24-2)10-4-12)20-21-17(23)16(22)19-14-7-5-13(18)6-8-14/h3-10H,1-2H3,(H,19,22)(H,21,23). The Bertz CT molecular complexity index is 756. The molecule has 0 unspecified atom stereocenters. The van der Waals surface area contributed by atoms with Gasteiger partial charge in [0.2, 0.25) is 0 Å². The van der Waals surface area contributed by atoms with Crippen LogP contribution in [0.4, 0.5) is 5.69 Å². The number of hydrogen-bond acceptors (Lipinski definition) is 4. The molecule has 0 bridgehead atoms. The number of carbonyl (C=O) groups is 2. The maximum atomic E-state index is 11.8. The zero-order chi connectivity index (χ0) is 17.5. The number of benzene rings is 2. The normalized spacial score (nSPS) is 10.9. The Labute approximate surface area is 148 Å². The van der Waals surface area contributed by atoms with E-state index < -0.39 is 11.8 Å². The lowest BCUT2D eigenvalue weighted by atomic mass is 10.1. The predicted molar refractivity (Wildman–Crippen MR) is 96.1 cm³/mol. The molecule has 24 heavy (non-hydrogen) atoms. The fraction of sp³-hybridized carbons (Fsp3) is 0.118. The van der Waals surface area contributed by atoms with Crippen LogP contribution in [-0.4, -0.2) is 24.6 Å². The molecule has 0 aromatic heterocycles. The second kappa shape index (κ2) is 8.26. The molecule has 0 aliphatic rings. The van der Waals surface area contributed by atoms with Crippen molar-refractivity contribution in [1.29, 1.82) is 0 Å². The van der Waals surface area contributed by atoms with Crippen molar-refractivity contribution >= 4 is 39.1 Å². The van der Waals surface area contributed by atoms with Gasteiger partial charge in [0.15, 0.2) is 0 Å². The summed E-state index contributed by atoms with van der Waals surface area (Å²) in [4.78, 5) is 23.6. The van der Waals surface area contributed by atoms with Crippen molar-refractivity contribution in [2.75, 3.05) is 12.4 Å². The first kappa shape index (κ1) is 17.7. The van der Waals surface area contributed by atoms with Crippen LogP contribution in [0.2, 0.25) is 0 Å². The fourth-order valence-corrected chi connectivity index (χ4v) is 2.07. The highest BCUT2D eigenvalue weighted by molar-refractivity contribution is 9.10. The monoisotopic (exact) mass is 389 g/mol. The summed E-state index contributed by atoms with van der Waals surface area (Å²) in [5.74, 6) is -0.904. The smallest absolute Gasteiger partial charge is 0.329 e. The van der Waals surface area contributed by atoms with Crippen LogP contribution in [0, 0.1) is 0 Å². The first-order valence-electron chi connectivity index (χ1n) is 7.05. The van der Waals surface area contributed by atoms with E-state index in [1.54, 1.807) is 50.4 Å². The highest BCUT2D eigenvalue weighted by Crippen LogP contribution is 2.14. The summed E-state index contributed by atoms with van der Waals surface area (Å²) in [5, 5.41) is 6.42. The maximum absolute atomic E-state index is 11.8. The molecule has 0 atom stereocenters. The molecule has 2 amide bonds. The van der Waals surface area contributed by atoms with Gasteiger partial charge in [0.25, 0.3) is 0 Å². The minimum absolute atomic E-state index is 0.522. The molecule has 0 saturated heterocycles. The van der Waals surface area contributed by atoms with Crippen molar-refractivity contribution in [3.8, 4) is 5.75 Å². The Kier molecular flexibility index (Phi) is 6.08. The zero-order valence-corrected chi connectivity index (χ0v) is 14.8. The summed E-state index contributed by atoms with van der Waals surface area (Å²) in [5.41, 5.74) is 4.14. The molecule has 6 nitrogen and oxygen atoms in total. The van der Waals surface area contributed by atoms with Gasteiger partial charge in [-0.25, -0.2) is 5.43 Å². The average Bonchev–Trinajstić information content (AvgIpc) is 2.61. The third kappa shape index (κ3) is 4.92. The predicted octanol–water partition coefficient (Wildman–Crippen LogP) is 2.94. The van der Waals surface area contributed by atoms with E-state index in [2.05, 4.69) is 31.8 Å². The number of hydrazone groups is 1. The number of amides is 2. The minimum atomic E-state index is -0.842. The van der Waals surface area contributed by atoms with Gasteiger partial charge in [0.05, 0.1) is 12.8 Å². The van der Waals surface area contributed by atoms with Crippen molar-refractivity contribution in [1.82, 2.24) is 5.43 Å². The van der Waals surface area contributed by atoms with E-state index in [9.17, 15) is 9.59 Å². The number of hydrogen-bond donors (Lipinski definition) is 2. The fourth-order valence-electron chi connectivity index (χ4n) is 1.80. The number of ether oxygens (including phenoxy) is 1. The van der Waals surface area contributed by atoms with E-state index in [1.165, 1.54) is 0 Å². The van der Waals surface area contributed by atoms with Crippen molar-refractivity contribution in [3.63, 3.8) is 0 Å². The summed E-state index contributed by atoms with van der Waals surface area (Å²) in [6.45, 7) is 1.73. The Morgan fingerprint density at radius 1 is 1.00 bits per heavy atom. The first-order valence-corrected chi connectivity index (χ1v) is 7.84. The second-order valence-corrected chi connectivity index (χ2v) is 5.74. The molecule has 7 heteroatoms. The Balaban J connectivity index is 1.94. The summed E-state index contributed by atoms with van der Waals surface area (Å²) in [7, 11) is 1.58. The van der Waals surface area contributed by atoms with E-state index in [4.69, 9.17) is 4.74 Å². The van der Waals surface area contributed by atoms with Gasteiger partial charge in [0, 0.05) is 10.2 Å². The summed E-state index contributed by atoms with van der Waals surface area (Å²) >= 11 is 3.29. The number of nitrogens with zero attached hydrogens (tertiary/aromatic N) is 1. The molecule has 0 radical (unpaired) electrons. The van der Waals surface area contributed by atoms with Crippen LogP contribution >= 0.6 is 15.9 Å². The minimum Gasteiger partial charge on any atom is -0.497 e. The van der Waals surface area contributed by atoms with Crippen LogP contribution in [0.25, 0.3) is 0 Å². The largest absolute Gasteiger partial charge is 0.497 e. The second-order valence-electron chi connectivity index (χ2n) is 4.83. The molecule has 2 N–H and O–H groups in total. The van der Waals surface area contributed by atoms with Gasteiger partial charge in [0.1, 0.15) is 5.75 Å². The van der Waals surface area contributed by atoms with E-state index in [0.717, 1.165) is 15.8 Å². The number of methoxy groups -OCH3 is 1. The van der Waals surface area contributed by atoms with Gasteiger partial charge in [-0.15, -0.1) is 0 Å². The molecule has 0 fully saturated rings. The number of nitrogens with one attached hydrogen (secondary N) is 2. The molecular weight excluding hydrogens is 374 g/mol. The van der Waals surface area contributed by atoms with Crippen LogP contribution in [0.15, 0.2) is 58.1 Å². The zero-order valence-electron chi connectivity index (χ0n) is 13.2. The Morgan fingerprint density at radius 2 is 1.62 bits per heavy atom. The van der Waals surface area contributed by atoms with Gasteiger partial charge >= 0.3 is 11.8 Å². The lowest BCUT2D eigenvalue weighted by molar-refractivity contribution is -0.136. The van der Waals surface area contributed by atoms with Gasteiger partial charge in [-0.3, -0.25) is 9.59 Å². The van der Waals surface area contributed by atoms with Crippen LogP contribution < -0.4 is 15.5 Å². The summed E-state index contributed by atoms with van der Waals surface area (Å²) in [6.07, 6.45) is 0. The number of carbonyl (C=O) groups excluding carboxylic acids is 2. The highest BCUT2D eigenvalue weighted by atomic mass is 79.9. The van der Waals surface area contributed by atoms with Crippen molar-refractivity contribution < 1.29 is 14.3 Å². The Hall–Kier alpha value is -2.67. The van der Waals surface area contributed by atoms with E-state index in [1.807, 2.05) is 12.1 Å². The lowest BCUT2D eigenvalue weighted by Gasteiger charge is -2.05. The molecular formula is C17H16BrN3O3. The van der Waals surface area contributed by atoms with Crippen LogP contribution in [0.5, 0.6) is 5.75 Å². The topological polar surface area (TPSA) is 79.8 Å². The average molecular weight is 390 g/mol. The number of rotatable bonds is 4. The molecule has 0 aliphatic carbocycles. The number of halogens is 1.